The summed E-state index contributed by atoms with van der Waals surface area (Å²) in [4.78, 5) is 13.8. The van der Waals surface area contributed by atoms with Gasteiger partial charge in [0.2, 0.25) is 5.91 Å². The van der Waals surface area contributed by atoms with Crippen molar-refractivity contribution >= 4 is 27.5 Å². The molecule has 0 atom stereocenters. The van der Waals surface area contributed by atoms with E-state index >= 15 is 0 Å². The smallest absolute Gasteiger partial charge is 0.233 e. The number of hydrogen-bond acceptors (Lipinski definition) is 2. The zero-order valence-corrected chi connectivity index (χ0v) is 11.4. The van der Waals surface area contributed by atoms with Crippen LogP contribution in [0.4, 0.5) is 5.69 Å². The molecular weight excluding hydrogens is 268 g/mol. The predicted octanol–water partition coefficient (Wildman–Crippen LogP) is 2.40. The van der Waals surface area contributed by atoms with Crippen molar-refractivity contribution in [2.45, 2.75) is 13.8 Å². The second-order valence-electron chi connectivity index (χ2n) is 4.43. The maximum atomic E-state index is 12.1. The van der Waals surface area contributed by atoms with E-state index in [1.165, 1.54) is 0 Å². The number of hydrogen-bond donors (Lipinski definition) is 1. The maximum Gasteiger partial charge on any atom is 0.233 e. The number of rotatable bonds is 3. The first-order chi connectivity index (χ1) is 7.38. The van der Waals surface area contributed by atoms with Crippen molar-refractivity contribution in [1.29, 1.82) is 0 Å². The van der Waals surface area contributed by atoms with E-state index in [9.17, 15) is 4.79 Å². The second-order valence-corrected chi connectivity index (χ2v) is 5.34. The Morgan fingerprint density at radius 3 is 2.31 bits per heavy atom. The van der Waals surface area contributed by atoms with Gasteiger partial charge in [-0.05, 0) is 38.1 Å². The Morgan fingerprint density at radius 1 is 1.38 bits per heavy atom. The summed E-state index contributed by atoms with van der Waals surface area (Å²) in [6.45, 7) is 4.04. The fourth-order valence-corrected chi connectivity index (χ4v) is 1.59. The summed E-state index contributed by atoms with van der Waals surface area (Å²) in [6.07, 6.45) is 0. The van der Waals surface area contributed by atoms with Gasteiger partial charge in [-0.1, -0.05) is 15.9 Å². The van der Waals surface area contributed by atoms with Crippen molar-refractivity contribution in [2.75, 3.05) is 18.5 Å². The fourth-order valence-electron chi connectivity index (χ4n) is 1.32. The Morgan fingerprint density at radius 2 is 1.88 bits per heavy atom. The Kier molecular flexibility index (Phi) is 4.10. The van der Waals surface area contributed by atoms with E-state index in [0.29, 0.717) is 6.54 Å². The van der Waals surface area contributed by atoms with Crippen LogP contribution in [0.15, 0.2) is 28.7 Å². The summed E-state index contributed by atoms with van der Waals surface area (Å²) >= 11 is 3.36. The zero-order valence-electron chi connectivity index (χ0n) is 9.83. The first-order valence-corrected chi connectivity index (χ1v) is 5.91. The lowest BCUT2D eigenvalue weighted by molar-refractivity contribution is -0.125. The summed E-state index contributed by atoms with van der Waals surface area (Å²) in [7, 11) is 1.77. The summed E-state index contributed by atoms with van der Waals surface area (Å²) < 4.78 is 0.996. The molecule has 16 heavy (non-hydrogen) atoms. The Hall–Kier alpha value is -0.870. The van der Waals surface area contributed by atoms with Crippen molar-refractivity contribution in [1.82, 2.24) is 0 Å². The molecule has 0 unspecified atom stereocenters. The van der Waals surface area contributed by atoms with Gasteiger partial charge in [0, 0.05) is 23.8 Å². The molecule has 0 spiro atoms. The van der Waals surface area contributed by atoms with Crippen LogP contribution in [0.25, 0.3) is 0 Å². The van der Waals surface area contributed by atoms with Crippen LogP contribution >= 0.6 is 15.9 Å². The number of anilines is 1. The SMILES string of the molecule is CN(C(=O)C(C)(C)CN)c1ccc(Br)cc1. The Labute approximate surface area is 105 Å². The van der Waals surface area contributed by atoms with E-state index in [1.54, 1.807) is 11.9 Å². The van der Waals surface area contributed by atoms with Gasteiger partial charge in [-0.25, -0.2) is 0 Å². The normalized spacial score (nSPS) is 11.3. The molecule has 3 nitrogen and oxygen atoms in total. The van der Waals surface area contributed by atoms with Gasteiger partial charge in [-0.3, -0.25) is 4.79 Å². The van der Waals surface area contributed by atoms with E-state index in [2.05, 4.69) is 15.9 Å². The Balaban J connectivity index is 2.90. The monoisotopic (exact) mass is 284 g/mol. The minimum atomic E-state index is -0.526. The van der Waals surface area contributed by atoms with Crippen LogP contribution in [-0.4, -0.2) is 19.5 Å². The molecule has 1 aromatic carbocycles. The average Bonchev–Trinajstić information content (AvgIpc) is 2.28. The van der Waals surface area contributed by atoms with Crippen molar-refractivity contribution in [3.63, 3.8) is 0 Å². The molecule has 0 saturated carbocycles. The molecule has 0 aliphatic heterocycles. The van der Waals surface area contributed by atoms with Crippen molar-refractivity contribution < 1.29 is 4.79 Å². The molecule has 0 aliphatic carbocycles. The number of nitrogens with two attached hydrogens (primary N) is 1. The van der Waals surface area contributed by atoms with Gasteiger partial charge in [-0.15, -0.1) is 0 Å². The number of halogens is 1. The van der Waals surface area contributed by atoms with E-state index in [0.717, 1.165) is 10.2 Å². The van der Waals surface area contributed by atoms with Gasteiger partial charge in [0.15, 0.2) is 0 Å². The Bertz CT molecular complexity index is 373. The molecule has 1 aromatic rings. The summed E-state index contributed by atoms with van der Waals surface area (Å²) in [5, 5.41) is 0. The highest BCUT2D eigenvalue weighted by atomic mass is 79.9. The van der Waals surface area contributed by atoms with Crippen LogP contribution in [0.5, 0.6) is 0 Å². The number of amides is 1. The van der Waals surface area contributed by atoms with Crippen molar-refractivity contribution in [3.05, 3.63) is 28.7 Å². The molecular formula is C12H17BrN2O. The lowest BCUT2D eigenvalue weighted by Gasteiger charge is -2.28. The van der Waals surface area contributed by atoms with E-state index in [-0.39, 0.29) is 5.91 Å². The van der Waals surface area contributed by atoms with Crippen LogP contribution in [0.3, 0.4) is 0 Å². The van der Waals surface area contributed by atoms with Crippen LogP contribution in [0.2, 0.25) is 0 Å². The molecule has 0 radical (unpaired) electrons. The number of carbonyl (C=O) groups excluding carboxylic acids is 1. The van der Waals surface area contributed by atoms with E-state index < -0.39 is 5.41 Å². The molecule has 0 heterocycles. The number of nitrogens with zero attached hydrogens (tertiary/aromatic N) is 1. The maximum absolute atomic E-state index is 12.1. The highest BCUT2D eigenvalue weighted by molar-refractivity contribution is 9.10. The standard InChI is InChI=1S/C12H17BrN2O/c1-12(2,8-14)11(16)15(3)10-6-4-9(13)5-7-10/h4-7H,8,14H2,1-3H3. The highest BCUT2D eigenvalue weighted by Crippen LogP contribution is 2.23. The van der Waals surface area contributed by atoms with E-state index in [1.807, 2.05) is 38.1 Å². The molecule has 0 aromatic heterocycles. The predicted molar refractivity (Wildman–Crippen MR) is 70.4 cm³/mol. The molecule has 0 fully saturated rings. The van der Waals surface area contributed by atoms with Crippen LogP contribution < -0.4 is 10.6 Å². The number of carbonyl (C=O) groups is 1. The second kappa shape index (κ2) is 4.97. The third kappa shape index (κ3) is 2.83. The molecule has 88 valence electrons. The minimum Gasteiger partial charge on any atom is -0.329 e. The molecule has 0 aliphatic rings. The van der Waals surface area contributed by atoms with Crippen molar-refractivity contribution in [2.24, 2.45) is 11.1 Å². The molecule has 0 bridgehead atoms. The van der Waals surface area contributed by atoms with Crippen LogP contribution in [0, 0.1) is 5.41 Å². The molecule has 2 N–H and O–H groups in total. The van der Waals surface area contributed by atoms with Gasteiger partial charge in [-0.2, -0.15) is 0 Å². The summed E-state index contributed by atoms with van der Waals surface area (Å²) in [5.74, 6) is 0.0253. The molecule has 4 heteroatoms. The molecule has 1 rings (SSSR count). The third-order valence-corrected chi connectivity index (χ3v) is 3.14. The van der Waals surface area contributed by atoms with Crippen LogP contribution in [0.1, 0.15) is 13.8 Å². The van der Waals surface area contributed by atoms with Gasteiger partial charge >= 0.3 is 0 Å². The lowest BCUT2D eigenvalue weighted by Crippen LogP contribution is -2.42. The topological polar surface area (TPSA) is 46.3 Å². The van der Waals surface area contributed by atoms with Gasteiger partial charge in [0.1, 0.15) is 0 Å². The summed E-state index contributed by atoms with van der Waals surface area (Å²) in [6, 6.07) is 7.62. The largest absolute Gasteiger partial charge is 0.329 e. The minimum absolute atomic E-state index is 0.0253. The van der Waals surface area contributed by atoms with Gasteiger partial charge in [0.05, 0.1) is 5.41 Å². The third-order valence-electron chi connectivity index (χ3n) is 2.61. The van der Waals surface area contributed by atoms with E-state index in [4.69, 9.17) is 5.73 Å². The summed E-state index contributed by atoms with van der Waals surface area (Å²) in [5.41, 5.74) is 5.94. The van der Waals surface area contributed by atoms with Gasteiger partial charge in [0.25, 0.3) is 0 Å². The highest BCUT2D eigenvalue weighted by Gasteiger charge is 2.29. The zero-order chi connectivity index (χ0) is 12.3. The average molecular weight is 285 g/mol. The lowest BCUT2D eigenvalue weighted by atomic mass is 9.92. The first kappa shape index (κ1) is 13.2. The molecule has 0 saturated heterocycles. The first-order valence-electron chi connectivity index (χ1n) is 5.12. The fraction of sp³-hybridized carbons (Fsp3) is 0.417. The van der Waals surface area contributed by atoms with Crippen molar-refractivity contribution in [3.8, 4) is 0 Å². The molecule has 1 amide bonds. The number of benzene rings is 1. The quantitative estimate of drug-likeness (QED) is 0.927. The van der Waals surface area contributed by atoms with Crippen LogP contribution in [-0.2, 0) is 4.79 Å². The van der Waals surface area contributed by atoms with Gasteiger partial charge < -0.3 is 10.6 Å².